The molecule has 1 aromatic heterocycles. The molecule has 112 valence electrons. The highest BCUT2D eigenvalue weighted by Gasteiger charge is 2.13. The van der Waals surface area contributed by atoms with Crippen LogP contribution in [0.15, 0.2) is 18.2 Å². The average molecular weight is 291 g/mol. The number of aryl methyl sites for hydroxylation is 1. The summed E-state index contributed by atoms with van der Waals surface area (Å²) in [7, 11) is 0. The van der Waals surface area contributed by atoms with Crippen LogP contribution in [0.2, 0.25) is 0 Å². The molecule has 1 heterocycles. The zero-order chi connectivity index (χ0) is 15.6. The van der Waals surface area contributed by atoms with Gasteiger partial charge in [-0.15, -0.1) is 5.10 Å². The van der Waals surface area contributed by atoms with E-state index in [1.54, 1.807) is 0 Å². The van der Waals surface area contributed by atoms with Crippen molar-refractivity contribution in [2.75, 3.05) is 5.32 Å². The van der Waals surface area contributed by atoms with E-state index in [1.165, 1.54) is 12.1 Å². The second-order valence-corrected chi connectivity index (χ2v) is 5.17. The largest absolute Gasteiger partial charge is 0.362 e. The van der Waals surface area contributed by atoms with Crippen molar-refractivity contribution in [3.8, 4) is 0 Å². The van der Waals surface area contributed by atoms with Crippen LogP contribution in [-0.2, 0) is 6.42 Å². The van der Waals surface area contributed by atoms with E-state index in [4.69, 9.17) is 0 Å². The van der Waals surface area contributed by atoms with Crippen LogP contribution in [0.25, 0.3) is 0 Å². The Morgan fingerprint density at radius 1 is 1.05 bits per heavy atom. The van der Waals surface area contributed by atoms with Crippen LogP contribution in [0.4, 0.5) is 14.6 Å². The van der Waals surface area contributed by atoms with Crippen LogP contribution in [0, 0.1) is 25.5 Å². The first-order valence-electron chi connectivity index (χ1n) is 6.97. The van der Waals surface area contributed by atoms with Crippen molar-refractivity contribution in [3.63, 3.8) is 0 Å². The molecule has 21 heavy (non-hydrogen) atoms. The lowest BCUT2D eigenvalue weighted by Crippen LogP contribution is -2.12. The number of hydrogen-bond acceptors (Lipinski definition) is 3. The molecule has 0 amide bonds. The van der Waals surface area contributed by atoms with Crippen molar-refractivity contribution in [2.45, 2.75) is 40.2 Å². The van der Waals surface area contributed by atoms with E-state index in [2.05, 4.69) is 15.5 Å². The standard InChI is InChI=1S/C16H19F2N3/c1-5-15-9(2)10(3)16(21-20-15)19-11(4)12-6-13(17)8-14(18)7-12/h6-8,11H,5H2,1-4H3,(H,19,21)/t11-/m1/s1. The predicted molar refractivity (Wildman–Crippen MR) is 79.3 cm³/mol. The number of rotatable bonds is 4. The average Bonchev–Trinajstić information content (AvgIpc) is 2.43. The fourth-order valence-electron chi connectivity index (χ4n) is 2.24. The smallest absolute Gasteiger partial charge is 0.152 e. The second-order valence-electron chi connectivity index (χ2n) is 5.17. The lowest BCUT2D eigenvalue weighted by Gasteiger charge is -2.18. The maximum absolute atomic E-state index is 13.3. The summed E-state index contributed by atoms with van der Waals surface area (Å²) in [5.74, 6) is -0.528. The van der Waals surface area contributed by atoms with Crippen molar-refractivity contribution < 1.29 is 8.78 Å². The molecule has 2 aromatic rings. The first-order chi connectivity index (χ1) is 9.92. The number of hydrogen-bond donors (Lipinski definition) is 1. The van der Waals surface area contributed by atoms with Crippen molar-refractivity contribution >= 4 is 5.82 Å². The Kier molecular flexibility index (Phi) is 4.50. The van der Waals surface area contributed by atoms with Crippen molar-refractivity contribution in [3.05, 3.63) is 52.2 Å². The number of halogens is 2. The van der Waals surface area contributed by atoms with Gasteiger partial charge in [0.25, 0.3) is 0 Å². The zero-order valence-corrected chi connectivity index (χ0v) is 12.7. The maximum atomic E-state index is 13.3. The van der Waals surface area contributed by atoms with Crippen molar-refractivity contribution in [1.82, 2.24) is 10.2 Å². The molecular formula is C16H19F2N3. The highest BCUT2D eigenvalue weighted by molar-refractivity contribution is 5.49. The van der Waals surface area contributed by atoms with E-state index >= 15 is 0 Å². The van der Waals surface area contributed by atoms with Gasteiger partial charge in [0.1, 0.15) is 11.6 Å². The summed E-state index contributed by atoms with van der Waals surface area (Å²) in [6.45, 7) is 7.82. The Morgan fingerprint density at radius 2 is 1.67 bits per heavy atom. The van der Waals surface area contributed by atoms with Gasteiger partial charge in [0.2, 0.25) is 0 Å². The van der Waals surface area contributed by atoms with Gasteiger partial charge >= 0.3 is 0 Å². The molecule has 0 saturated heterocycles. The third-order valence-electron chi connectivity index (χ3n) is 3.69. The molecule has 0 spiro atoms. The van der Waals surface area contributed by atoms with Gasteiger partial charge in [-0.05, 0) is 56.0 Å². The zero-order valence-electron chi connectivity index (χ0n) is 12.7. The molecule has 1 N–H and O–H groups in total. The van der Waals surface area contributed by atoms with E-state index in [0.717, 1.165) is 29.3 Å². The monoisotopic (exact) mass is 291 g/mol. The topological polar surface area (TPSA) is 37.8 Å². The molecule has 2 rings (SSSR count). The molecule has 0 fully saturated rings. The van der Waals surface area contributed by atoms with Crippen LogP contribution in [-0.4, -0.2) is 10.2 Å². The minimum Gasteiger partial charge on any atom is -0.362 e. The Bertz CT molecular complexity index is 636. The third-order valence-corrected chi connectivity index (χ3v) is 3.69. The van der Waals surface area contributed by atoms with Crippen LogP contribution in [0.1, 0.15) is 42.3 Å². The summed E-state index contributed by atoms with van der Waals surface area (Å²) in [6, 6.07) is 3.23. The van der Waals surface area contributed by atoms with Crippen LogP contribution < -0.4 is 5.32 Å². The number of nitrogens with zero attached hydrogens (tertiary/aromatic N) is 2. The highest BCUT2D eigenvalue weighted by Crippen LogP contribution is 2.24. The van der Waals surface area contributed by atoms with E-state index in [-0.39, 0.29) is 6.04 Å². The third kappa shape index (κ3) is 3.35. The molecule has 5 heteroatoms. The normalized spacial score (nSPS) is 12.3. The van der Waals surface area contributed by atoms with E-state index in [9.17, 15) is 8.78 Å². The number of nitrogens with one attached hydrogen (secondary N) is 1. The molecular weight excluding hydrogens is 272 g/mol. The SMILES string of the molecule is CCc1nnc(N[C@H](C)c2cc(F)cc(F)c2)c(C)c1C. The summed E-state index contributed by atoms with van der Waals surface area (Å²) >= 11 is 0. The molecule has 1 aromatic carbocycles. The summed E-state index contributed by atoms with van der Waals surface area (Å²) in [5.41, 5.74) is 3.59. The van der Waals surface area contributed by atoms with E-state index < -0.39 is 11.6 Å². The minimum absolute atomic E-state index is 0.268. The molecule has 0 aliphatic rings. The Labute approximate surface area is 123 Å². The molecule has 0 unspecified atom stereocenters. The first kappa shape index (κ1) is 15.4. The number of aromatic nitrogens is 2. The van der Waals surface area contributed by atoms with Gasteiger partial charge in [0.05, 0.1) is 11.7 Å². The first-order valence-corrected chi connectivity index (χ1v) is 6.97. The van der Waals surface area contributed by atoms with Gasteiger partial charge in [-0.25, -0.2) is 8.78 Å². The van der Waals surface area contributed by atoms with Crippen LogP contribution in [0.5, 0.6) is 0 Å². The minimum atomic E-state index is -0.584. The van der Waals surface area contributed by atoms with E-state index in [0.29, 0.717) is 11.4 Å². The molecule has 0 aliphatic carbocycles. The van der Waals surface area contributed by atoms with Gasteiger partial charge in [-0.2, -0.15) is 5.10 Å². The van der Waals surface area contributed by atoms with Crippen molar-refractivity contribution in [1.29, 1.82) is 0 Å². The van der Waals surface area contributed by atoms with Crippen LogP contribution >= 0.6 is 0 Å². The lowest BCUT2D eigenvalue weighted by atomic mass is 10.1. The fraction of sp³-hybridized carbons (Fsp3) is 0.375. The van der Waals surface area contributed by atoms with Gasteiger partial charge in [0.15, 0.2) is 5.82 Å². The highest BCUT2D eigenvalue weighted by atomic mass is 19.1. The Balaban J connectivity index is 2.27. The maximum Gasteiger partial charge on any atom is 0.152 e. The molecule has 0 radical (unpaired) electrons. The van der Waals surface area contributed by atoms with Crippen molar-refractivity contribution in [2.24, 2.45) is 0 Å². The lowest BCUT2D eigenvalue weighted by molar-refractivity contribution is 0.577. The quantitative estimate of drug-likeness (QED) is 0.921. The summed E-state index contributed by atoms with van der Waals surface area (Å²) in [4.78, 5) is 0. The van der Waals surface area contributed by atoms with E-state index in [1.807, 2.05) is 27.7 Å². The molecule has 0 aliphatic heterocycles. The Hall–Kier alpha value is -2.04. The predicted octanol–water partition coefficient (Wildman–Crippen LogP) is 4.11. The van der Waals surface area contributed by atoms with Gasteiger partial charge < -0.3 is 5.32 Å². The van der Waals surface area contributed by atoms with Gasteiger partial charge in [0, 0.05) is 6.07 Å². The molecule has 0 saturated carbocycles. The summed E-state index contributed by atoms with van der Waals surface area (Å²) in [5, 5.41) is 11.5. The summed E-state index contributed by atoms with van der Waals surface area (Å²) < 4.78 is 26.5. The molecule has 3 nitrogen and oxygen atoms in total. The molecule has 1 atom stereocenters. The fourth-order valence-corrected chi connectivity index (χ4v) is 2.24. The van der Waals surface area contributed by atoms with Gasteiger partial charge in [-0.1, -0.05) is 6.92 Å². The summed E-state index contributed by atoms with van der Waals surface area (Å²) in [6.07, 6.45) is 0.824. The van der Waals surface area contributed by atoms with Gasteiger partial charge in [-0.3, -0.25) is 0 Å². The number of anilines is 1. The number of benzene rings is 1. The Morgan fingerprint density at radius 3 is 2.24 bits per heavy atom. The van der Waals surface area contributed by atoms with Crippen LogP contribution in [0.3, 0.4) is 0 Å². The second kappa shape index (κ2) is 6.16. The molecule has 0 bridgehead atoms.